The van der Waals surface area contributed by atoms with Gasteiger partial charge in [-0.3, -0.25) is 4.89 Å². The molecule has 0 heterocycles. The molecule has 0 saturated heterocycles. The first-order valence-corrected chi connectivity index (χ1v) is 4.16. The molecule has 2 aromatic rings. The lowest BCUT2D eigenvalue weighted by Gasteiger charge is -1.99. The topological polar surface area (TPSA) is 46.5 Å². The van der Waals surface area contributed by atoms with Gasteiger partial charge in [0.05, 0.1) is 5.56 Å². The van der Waals surface area contributed by atoms with Crippen molar-refractivity contribution < 1.29 is 14.9 Å². The van der Waals surface area contributed by atoms with Crippen LogP contribution in [0.2, 0.25) is 0 Å². The molecule has 0 unspecified atom stereocenters. The molecule has 2 rings (SSSR count). The smallest absolute Gasteiger partial charge is 0.296 e. The summed E-state index contributed by atoms with van der Waals surface area (Å²) < 4.78 is 0. The van der Waals surface area contributed by atoms with Gasteiger partial charge in [-0.05, 0) is 22.9 Å². The van der Waals surface area contributed by atoms with Crippen LogP contribution >= 0.6 is 0 Å². The first-order valence-electron chi connectivity index (χ1n) is 4.16. The monoisotopic (exact) mass is 188 g/mol. The van der Waals surface area contributed by atoms with Crippen molar-refractivity contribution in [3.8, 4) is 0 Å². The van der Waals surface area contributed by atoms with Crippen LogP contribution in [-0.2, 0) is 4.89 Å². The summed E-state index contributed by atoms with van der Waals surface area (Å²) in [5.41, 5.74) is 0.339. The van der Waals surface area contributed by atoms with Crippen molar-refractivity contribution in [3.63, 3.8) is 0 Å². The highest BCUT2D eigenvalue weighted by Crippen LogP contribution is 2.15. The van der Waals surface area contributed by atoms with Crippen LogP contribution in [-0.4, -0.2) is 11.2 Å². The molecule has 70 valence electrons. The maximum absolute atomic E-state index is 11.0. The standard InChI is InChI=1S/C11H8O3/c12-11(14-13)10-6-5-8-3-1-2-4-9(8)7-10/h1-7,13H. The molecule has 0 atom stereocenters. The second-order valence-corrected chi connectivity index (χ2v) is 2.94. The molecule has 0 aliphatic carbocycles. The molecule has 2 aromatic carbocycles. The summed E-state index contributed by atoms with van der Waals surface area (Å²) >= 11 is 0. The molecule has 14 heavy (non-hydrogen) atoms. The summed E-state index contributed by atoms with van der Waals surface area (Å²) in [6, 6.07) is 12.7. The maximum atomic E-state index is 11.0. The summed E-state index contributed by atoms with van der Waals surface area (Å²) in [6.07, 6.45) is 0. The molecule has 0 aliphatic heterocycles. The van der Waals surface area contributed by atoms with E-state index < -0.39 is 5.97 Å². The second-order valence-electron chi connectivity index (χ2n) is 2.94. The van der Waals surface area contributed by atoms with Crippen molar-refractivity contribution in [1.82, 2.24) is 0 Å². The molecule has 0 fully saturated rings. The zero-order valence-electron chi connectivity index (χ0n) is 7.31. The largest absolute Gasteiger partial charge is 0.372 e. The highest BCUT2D eigenvalue weighted by Gasteiger charge is 2.06. The van der Waals surface area contributed by atoms with E-state index in [4.69, 9.17) is 5.26 Å². The number of rotatable bonds is 1. The van der Waals surface area contributed by atoms with Crippen LogP contribution in [0.4, 0.5) is 0 Å². The molecular formula is C11H8O3. The van der Waals surface area contributed by atoms with Gasteiger partial charge in [0.25, 0.3) is 0 Å². The molecule has 0 aliphatic rings. The summed E-state index contributed by atoms with van der Waals surface area (Å²) in [5, 5.41) is 10.2. The van der Waals surface area contributed by atoms with Crippen LogP contribution in [0.25, 0.3) is 10.8 Å². The predicted molar refractivity (Wildman–Crippen MR) is 52.0 cm³/mol. The van der Waals surface area contributed by atoms with Crippen molar-refractivity contribution in [2.45, 2.75) is 0 Å². The molecule has 0 saturated carbocycles. The molecule has 3 nitrogen and oxygen atoms in total. The first-order chi connectivity index (χ1) is 6.81. The van der Waals surface area contributed by atoms with Crippen LogP contribution < -0.4 is 0 Å². The van der Waals surface area contributed by atoms with E-state index in [1.165, 1.54) is 0 Å². The lowest BCUT2D eigenvalue weighted by atomic mass is 10.1. The predicted octanol–water partition coefficient (Wildman–Crippen LogP) is 2.47. The fourth-order valence-corrected chi connectivity index (χ4v) is 1.37. The zero-order valence-corrected chi connectivity index (χ0v) is 7.31. The second kappa shape index (κ2) is 3.47. The van der Waals surface area contributed by atoms with E-state index in [0.29, 0.717) is 5.56 Å². The Bertz CT molecular complexity index is 477. The lowest BCUT2D eigenvalue weighted by Crippen LogP contribution is -2.00. The third kappa shape index (κ3) is 1.45. The Morgan fingerprint density at radius 2 is 1.79 bits per heavy atom. The van der Waals surface area contributed by atoms with Gasteiger partial charge < -0.3 is 0 Å². The van der Waals surface area contributed by atoms with Gasteiger partial charge in [-0.2, -0.15) is 5.26 Å². The Balaban J connectivity index is 2.56. The molecule has 0 spiro atoms. The van der Waals surface area contributed by atoms with Gasteiger partial charge in [-0.15, -0.1) is 0 Å². The Morgan fingerprint density at radius 1 is 1.07 bits per heavy atom. The van der Waals surface area contributed by atoms with Crippen LogP contribution in [0.1, 0.15) is 10.4 Å². The summed E-state index contributed by atoms with van der Waals surface area (Å²) in [6.45, 7) is 0. The van der Waals surface area contributed by atoms with E-state index in [1.807, 2.05) is 30.3 Å². The normalized spacial score (nSPS) is 10.1. The van der Waals surface area contributed by atoms with Crippen LogP contribution in [0.15, 0.2) is 42.5 Å². The van der Waals surface area contributed by atoms with Crippen molar-refractivity contribution in [2.24, 2.45) is 0 Å². The lowest BCUT2D eigenvalue weighted by molar-refractivity contribution is -0.182. The van der Waals surface area contributed by atoms with E-state index in [0.717, 1.165) is 10.8 Å². The molecule has 0 bridgehead atoms. The minimum Gasteiger partial charge on any atom is -0.296 e. The Morgan fingerprint density at radius 3 is 2.50 bits per heavy atom. The summed E-state index contributed by atoms with van der Waals surface area (Å²) in [7, 11) is 0. The fourth-order valence-electron chi connectivity index (χ4n) is 1.37. The highest BCUT2D eigenvalue weighted by molar-refractivity contribution is 5.95. The van der Waals surface area contributed by atoms with Gasteiger partial charge in [0.2, 0.25) is 0 Å². The van der Waals surface area contributed by atoms with Gasteiger partial charge in [0, 0.05) is 0 Å². The molecule has 3 heteroatoms. The van der Waals surface area contributed by atoms with E-state index >= 15 is 0 Å². The zero-order chi connectivity index (χ0) is 9.97. The van der Waals surface area contributed by atoms with Gasteiger partial charge in [0.15, 0.2) is 0 Å². The third-order valence-corrected chi connectivity index (χ3v) is 2.07. The van der Waals surface area contributed by atoms with Gasteiger partial charge >= 0.3 is 5.97 Å². The third-order valence-electron chi connectivity index (χ3n) is 2.07. The van der Waals surface area contributed by atoms with Crippen LogP contribution in [0.5, 0.6) is 0 Å². The summed E-state index contributed by atoms with van der Waals surface area (Å²) in [4.78, 5) is 14.6. The van der Waals surface area contributed by atoms with Crippen molar-refractivity contribution in [3.05, 3.63) is 48.0 Å². The number of fused-ring (bicyclic) bond motifs is 1. The average Bonchev–Trinajstić information content (AvgIpc) is 2.27. The van der Waals surface area contributed by atoms with Gasteiger partial charge in [-0.25, -0.2) is 4.79 Å². The molecule has 0 radical (unpaired) electrons. The maximum Gasteiger partial charge on any atom is 0.372 e. The van der Waals surface area contributed by atoms with Crippen molar-refractivity contribution in [1.29, 1.82) is 0 Å². The Labute approximate surface area is 80.5 Å². The number of hydrogen-bond acceptors (Lipinski definition) is 3. The van der Waals surface area contributed by atoms with E-state index in [2.05, 4.69) is 4.89 Å². The number of benzene rings is 2. The first kappa shape index (κ1) is 8.72. The van der Waals surface area contributed by atoms with E-state index in [-0.39, 0.29) is 0 Å². The Kier molecular flexibility index (Phi) is 2.16. The minimum atomic E-state index is -0.740. The Hall–Kier alpha value is -1.87. The number of carbonyl (C=O) groups excluding carboxylic acids is 1. The van der Waals surface area contributed by atoms with Gasteiger partial charge in [-0.1, -0.05) is 30.3 Å². The molecular weight excluding hydrogens is 180 g/mol. The van der Waals surface area contributed by atoms with E-state index in [1.54, 1.807) is 12.1 Å². The highest BCUT2D eigenvalue weighted by atomic mass is 17.1. The van der Waals surface area contributed by atoms with E-state index in [9.17, 15) is 4.79 Å². The summed E-state index contributed by atoms with van der Waals surface area (Å²) in [5.74, 6) is -0.740. The molecule has 0 aromatic heterocycles. The number of carbonyl (C=O) groups is 1. The quantitative estimate of drug-likeness (QED) is 0.552. The van der Waals surface area contributed by atoms with Gasteiger partial charge in [0.1, 0.15) is 0 Å². The molecule has 0 amide bonds. The van der Waals surface area contributed by atoms with Crippen molar-refractivity contribution in [2.75, 3.05) is 0 Å². The average molecular weight is 188 g/mol. The SMILES string of the molecule is O=C(OO)c1ccc2ccccc2c1. The fraction of sp³-hybridized carbons (Fsp3) is 0. The number of hydrogen-bond donors (Lipinski definition) is 1. The van der Waals surface area contributed by atoms with Crippen molar-refractivity contribution >= 4 is 16.7 Å². The molecule has 1 N–H and O–H groups in total. The van der Waals surface area contributed by atoms with Crippen LogP contribution in [0, 0.1) is 0 Å². The van der Waals surface area contributed by atoms with Crippen LogP contribution in [0.3, 0.4) is 0 Å². The minimum absolute atomic E-state index is 0.339.